The number of nitrogens with one attached hydrogen (secondary N) is 1. The fraction of sp³-hybridized carbons (Fsp3) is 0.188. The maximum Gasteiger partial charge on any atom is 0.145 e. The summed E-state index contributed by atoms with van der Waals surface area (Å²) in [5.74, 6) is -0.458. The summed E-state index contributed by atoms with van der Waals surface area (Å²) in [4.78, 5) is 0. The normalized spacial score (nSPS) is 11.9. The molecule has 2 aromatic carbocycles. The second-order valence-corrected chi connectivity index (χ2v) is 4.98. The highest BCUT2D eigenvalue weighted by Gasteiger charge is 2.10. The highest BCUT2D eigenvalue weighted by Crippen LogP contribution is 2.18. The minimum atomic E-state index is -0.458. The summed E-state index contributed by atoms with van der Waals surface area (Å²) in [6.07, 6.45) is 0. The van der Waals surface area contributed by atoms with Gasteiger partial charge in [-0.15, -0.1) is 0 Å². The van der Waals surface area contributed by atoms with Crippen molar-refractivity contribution in [3.05, 3.63) is 70.0 Å². The van der Waals surface area contributed by atoms with Crippen LogP contribution in [0.1, 0.15) is 29.7 Å². The van der Waals surface area contributed by atoms with Gasteiger partial charge in [-0.2, -0.15) is 5.26 Å². The molecule has 1 N–H and O–H groups in total. The third-order valence-electron chi connectivity index (χ3n) is 3.15. The molecule has 2 aromatic rings. The molecule has 0 amide bonds. The Bertz CT molecular complexity index is 649. The molecule has 0 bridgehead atoms. The summed E-state index contributed by atoms with van der Waals surface area (Å²) in [6.45, 7) is 2.34. The average molecular weight is 289 g/mol. The third-order valence-corrected chi connectivity index (χ3v) is 3.38. The highest BCUT2D eigenvalue weighted by molar-refractivity contribution is 6.30. The Balaban J connectivity index is 2.08. The highest BCUT2D eigenvalue weighted by atomic mass is 35.5. The van der Waals surface area contributed by atoms with Crippen LogP contribution in [0, 0.1) is 17.1 Å². The molecule has 0 aliphatic carbocycles. The summed E-state index contributed by atoms with van der Waals surface area (Å²) >= 11 is 5.95. The van der Waals surface area contributed by atoms with Crippen LogP contribution in [0.5, 0.6) is 0 Å². The Morgan fingerprint density at radius 1 is 1.30 bits per heavy atom. The predicted octanol–water partition coefficient (Wildman–Crippen LogP) is 4.20. The van der Waals surface area contributed by atoms with Crippen LogP contribution in [0.2, 0.25) is 5.02 Å². The molecule has 0 spiro atoms. The van der Waals surface area contributed by atoms with Crippen molar-refractivity contribution < 1.29 is 4.39 Å². The summed E-state index contributed by atoms with van der Waals surface area (Å²) in [6, 6.07) is 14.2. The molecule has 1 atom stereocenters. The zero-order chi connectivity index (χ0) is 14.5. The van der Waals surface area contributed by atoms with Gasteiger partial charge in [-0.3, -0.25) is 0 Å². The van der Waals surface area contributed by atoms with Crippen LogP contribution in [0.15, 0.2) is 42.5 Å². The molecular weight excluding hydrogens is 275 g/mol. The molecule has 20 heavy (non-hydrogen) atoms. The minimum absolute atomic E-state index is 0.0406. The molecule has 0 fully saturated rings. The predicted molar refractivity (Wildman–Crippen MR) is 77.8 cm³/mol. The van der Waals surface area contributed by atoms with E-state index < -0.39 is 5.82 Å². The van der Waals surface area contributed by atoms with Crippen LogP contribution < -0.4 is 5.32 Å². The van der Waals surface area contributed by atoms with E-state index in [9.17, 15) is 4.39 Å². The van der Waals surface area contributed by atoms with Crippen molar-refractivity contribution in [1.82, 2.24) is 5.32 Å². The molecular formula is C16H14ClFN2. The molecule has 0 aromatic heterocycles. The lowest BCUT2D eigenvalue weighted by Crippen LogP contribution is -2.19. The quantitative estimate of drug-likeness (QED) is 0.915. The number of hydrogen-bond acceptors (Lipinski definition) is 2. The monoisotopic (exact) mass is 288 g/mol. The molecule has 0 unspecified atom stereocenters. The first kappa shape index (κ1) is 14.5. The Kier molecular flexibility index (Phi) is 4.73. The number of nitriles is 1. The van der Waals surface area contributed by atoms with Crippen molar-refractivity contribution in [1.29, 1.82) is 5.26 Å². The van der Waals surface area contributed by atoms with Crippen LogP contribution in [0.25, 0.3) is 0 Å². The van der Waals surface area contributed by atoms with Crippen molar-refractivity contribution in [2.24, 2.45) is 0 Å². The van der Waals surface area contributed by atoms with Gasteiger partial charge < -0.3 is 5.32 Å². The van der Waals surface area contributed by atoms with Gasteiger partial charge in [0.25, 0.3) is 0 Å². The SMILES string of the molecule is C[C@H](NCc1cccc(C#N)c1F)c1cccc(Cl)c1. The zero-order valence-electron chi connectivity index (χ0n) is 11.0. The van der Waals surface area contributed by atoms with Crippen molar-refractivity contribution in [3.63, 3.8) is 0 Å². The van der Waals surface area contributed by atoms with Crippen molar-refractivity contribution in [3.8, 4) is 6.07 Å². The largest absolute Gasteiger partial charge is 0.306 e. The molecule has 2 nitrogen and oxygen atoms in total. The summed E-state index contributed by atoms with van der Waals surface area (Å²) < 4.78 is 13.9. The first-order chi connectivity index (χ1) is 9.61. The van der Waals surface area contributed by atoms with Crippen LogP contribution in [0.3, 0.4) is 0 Å². The fourth-order valence-corrected chi connectivity index (χ4v) is 2.16. The van der Waals surface area contributed by atoms with Crippen LogP contribution in [-0.4, -0.2) is 0 Å². The number of rotatable bonds is 4. The lowest BCUT2D eigenvalue weighted by molar-refractivity contribution is 0.543. The number of benzene rings is 2. The number of halogens is 2. The maximum absolute atomic E-state index is 13.9. The van der Waals surface area contributed by atoms with E-state index >= 15 is 0 Å². The number of nitrogens with zero attached hydrogens (tertiary/aromatic N) is 1. The lowest BCUT2D eigenvalue weighted by atomic mass is 10.1. The van der Waals surface area contributed by atoms with Crippen LogP contribution >= 0.6 is 11.6 Å². The maximum atomic E-state index is 13.9. The van der Waals surface area contributed by atoms with Crippen molar-refractivity contribution in [2.45, 2.75) is 19.5 Å². The first-order valence-corrected chi connectivity index (χ1v) is 6.66. The van der Waals surface area contributed by atoms with E-state index in [2.05, 4.69) is 5.32 Å². The second kappa shape index (κ2) is 6.51. The van der Waals surface area contributed by atoms with E-state index in [1.54, 1.807) is 12.1 Å². The van der Waals surface area contributed by atoms with E-state index in [-0.39, 0.29) is 11.6 Å². The second-order valence-electron chi connectivity index (χ2n) is 4.55. The minimum Gasteiger partial charge on any atom is -0.306 e. The van der Waals surface area contributed by atoms with Gasteiger partial charge in [-0.05, 0) is 30.7 Å². The van der Waals surface area contributed by atoms with Gasteiger partial charge in [-0.1, -0.05) is 35.9 Å². The Hall–Kier alpha value is -1.89. The van der Waals surface area contributed by atoms with Crippen molar-refractivity contribution in [2.75, 3.05) is 0 Å². The van der Waals surface area contributed by atoms with Crippen LogP contribution in [-0.2, 0) is 6.54 Å². The topological polar surface area (TPSA) is 35.8 Å². The van der Waals surface area contributed by atoms with Gasteiger partial charge in [0.1, 0.15) is 11.9 Å². The molecule has 0 heterocycles. The lowest BCUT2D eigenvalue weighted by Gasteiger charge is -2.15. The van der Waals surface area contributed by atoms with Gasteiger partial charge >= 0.3 is 0 Å². The summed E-state index contributed by atoms with van der Waals surface area (Å²) in [5, 5.41) is 12.7. The standard InChI is InChI=1S/C16H14ClFN2/c1-11(12-4-3-7-15(17)8-12)20-10-14-6-2-5-13(9-19)16(14)18/h2-8,11,20H,10H2,1H3/t11-/m0/s1. The van der Waals surface area contributed by atoms with Crippen molar-refractivity contribution >= 4 is 11.6 Å². The molecule has 0 radical (unpaired) electrons. The van der Waals surface area contributed by atoms with E-state index in [1.807, 2.05) is 37.3 Å². The molecule has 102 valence electrons. The first-order valence-electron chi connectivity index (χ1n) is 6.28. The summed E-state index contributed by atoms with van der Waals surface area (Å²) in [7, 11) is 0. The fourth-order valence-electron chi connectivity index (χ4n) is 1.96. The van der Waals surface area contributed by atoms with Gasteiger partial charge in [-0.25, -0.2) is 4.39 Å². The molecule has 0 saturated heterocycles. The van der Waals surface area contributed by atoms with Gasteiger partial charge in [0.15, 0.2) is 0 Å². The molecule has 0 aliphatic heterocycles. The number of hydrogen-bond donors (Lipinski definition) is 1. The molecule has 0 aliphatic rings. The van der Waals surface area contributed by atoms with E-state index in [0.29, 0.717) is 17.1 Å². The van der Waals surface area contributed by atoms with E-state index in [1.165, 1.54) is 6.07 Å². The smallest absolute Gasteiger partial charge is 0.145 e. The van der Waals surface area contributed by atoms with E-state index in [0.717, 1.165) is 5.56 Å². The molecule has 4 heteroatoms. The molecule has 2 rings (SSSR count). The zero-order valence-corrected chi connectivity index (χ0v) is 11.8. The Morgan fingerprint density at radius 2 is 2.05 bits per heavy atom. The van der Waals surface area contributed by atoms with Gasteiger partial charge in [0, 0.05) is 23.2 Å². The van der Waals surface area contributed by atoms with Gasteiger partial charge in [0.05, 0.1) is 5.56 Å². The van der Waals surface area contributed by atoms with E-state index in [4.69, 9.17) is 16.9 Å². The Labute approximate surface area is 122 Å². The van der Waals surface area contributed by atoms with Crippen LogP contribution in [0.4, 0.5) is 4.39 Å². The third kappa shape index (κ3) is 3.36. The molecule has 0 saturated carbocycles. The van der Waals surface area contributed by atoms with Gasteiger partial charge in [0.2, 0.25) is 0 Å². The Morgan fingerprint density at radius 3 is 2.75 bits per heavy atom. The average Bonchev–Trinajstić information content (AvgIpc) is 2.46. The summed E-state index contributed by atoms with van der Waals surface area (Å²) in [5.41, 5.74) is 1.59.